The van der Waals surface area contributed by atoms with Gasteiger partial charge in [0.25, 0.3) is 5.91 Å². The van der Waals surface area contributed by atoms with Crippen LogP contribution in [0.25, 0.3) is 10.9 Å². The number of aromatic nitrogens is 1. The highest BCUT2D eigenvalue weighted by molar-refractivity contribution is 5.92. The van der Waals surface area contributed by atoms with Crippen molar-refractivity contribution < 1.29 is 27.4 Å². The number of para-hydroxylation sites is 1. The topological polar surface area (TPSA) is 63.7 Å². The van der Waals surface area contributed by atoms with Gasteiger partial charge >= 0.3 is 6.36 Å². The van der Waals surface area contributed by atoms with Gasteiger partial charge in [0.15, 0.2) is 6.61 Å². The van der Waals surface area contributed by atoms with Crippen molar-refractivity contribution >= 4 is 28.3 Å². The molecule has 2 heterocycles. The van der Waals surface area contributed by atoms with E-state index >= 15 is 0 Å². The van der Waals surface area contributed by atoms with Crippen LogP contribution >= 0.6 is 0 Å². The second-order valence-electron chi connectivity index (χ2n) is 8.16. The number of nitrogens with zero attached hydrogens (tertiary/aromatic N) is 2. The first-order chi connectivity index (χ1) is 16.3. The van der Waals surface area contributed by atoms with Gasteiger partial charge in [-0.25, -0.2) is 4.98 Å². The summed E-state index contributed by atoms with van der Waals surface area (Å²) in [6.45, 7) is 2.89. The van der Waals surface area contributed by atoms with Crippen LogP contribution in [0.1, 0.15) is 32.6 Å². The first kappa shape index (κ1) is 23.7. The minimum Gasteiger partial charge on any atom is -0.481 e. The van der Waals surface area contributed by atoms with Crippen LogP contribution in [0.4, 0.5) is 24.7 Å². The zero-order chi connectivity index (χ0) is 24.1. The summed E-state index contributed by atoms with van der Waals surface area (Å²) in [6.07, 6.45) is -0.197. The van der Waals surface area contributed by atoms with E-state index in [0.29, 0.717) is 23.0 Å². The molecule has 1 N–H and O–H groups in total. The van der Waals surface area contributed by atoms with Crippen molar-refractivity contribution in [3.8, 4) is 11.5 Å². The molecule has 0 saturated carbocycles. The number of carbonyl (C=O) groups excluding carboxylic acids is 1. The molecule has 34 heavy (non-hydrogen) atoms. The fourth-order valence-electron chi connectivity index (χ4n) is 4.19. The molecular weight excluding hydrogens is 447 g/mol. The van der Waals surface area contributed by atoms with Gasteiger partial charge in [0.2, 0.25) is 0 Å². The molecule has 0 radical (unpaired) electrons. The number of pyridine rings is 1. The van der Waals surface area contributed by atoms with E-state index in [9.17, 15) is 18.0 Å². The van der Waals surface area contributed by atoms with Crippen molar-refractivity contribution in [3.05, 3.63) is 54.6 Å². The largest absolute Gasteiger partial charge is 0.573 e. The quantitative estimate of drug-likeness (QED) is 0.462. The van der Waals surface area contributed by atoms with Crippen LogP contribution in [-0.2, 0) is 4.79 Å². The van der Waals surface area contributed by atoms with E-state index in [1.807, 2.05) is 24.3 Å². The van der Waals surface area contributed by atoms with E-state index in [1.54, 1.807) is 6.07 Å². The predicted octanol–water partition coefficient (Wildman–Crippen LogP) is 5.92. The third kappa shape index (κ3) is 5.89. The van der Waals surface area contributed by atoms with Gasteiger partial charge in [-0.1, -0.05) is 19.1 Å². The third-order valence-electron chi connectivity index (χ3n) is 5.79. The Kier molecular flexibility index (Phi) is 7.09. The molecule has 4 rings (SSSR count). The smallest absolute Gasteiger partial charge is 0.481 e. The van der Waals surface area contributed by atoms with Gasteiger partial charge < -0.3 is 19.7 Å². The van der Waals surface area contributed by atoms with Crippen LogP contribution in [0.15, 0.2) is 54.6 Å². The summed E-state index contributed by atoms with van der Waals surface area (Å²) in [5, 5.41) is 3.51. The summed E-state index contributed by atoms with van der Waals surface area (Å²) < 4.78 is 46.4. The highest BCUT2D eigenvalue weighted by Crippen LogP contribution is 2.30. The van der Waals surface area contributed by atoms with E-state index in [1.165, 1.54) is 18.6 Å². The maximum absolute atomic E-state index is 12.4. The van der Waals surface area contributed by atoms with Crippen LogP contribution < -0.4 is 19.7 Å². The van der Waals surface area contributed by atoms with Crippen molar-refractivity contribution in [2.24, 2.45) is 0 Å². The zero-order valence-electron chi connectivity index (χ0n) is 18.8. The van der Waals surface area contributed by atoms with Crippen molar-refractivity contribution in [2.45, 2.75) is 45.0 Å². The molecule has 1 aromatic heterocycles. The molecule has 1 atom stereocenters. The summed E-state index contributed by atoms with van der Waals surface area (Å²) in [5.74, 6) is 0.590. The number of piperidine rings is 1. The number of fused-ring (bicyclic) bond motifs is 1. The summed E-state index contributed by atoms with van der Waals surface area (Å²) in [4.78, 5) is 19.6. The average Bonchev–Trinajstić information content (AvgIpc) is 2.82. The van der Waals surface area contributed by atoms with Gasteiger partial charge in [-0.05, 0) is 68.1 Å². The van der Waals surface area contributed by atoms with E-state index in [2.05, 4.69) is 21.9 Å². The second-order valence-corrected chi connectivity index (χ2v) is 8.16. The Labute approximate surface area is 195 Å². The number of hydrogen-bond donors (Lipinski definition) is 1. The average molecular weight is 473 g/mol. The first-order valence-electron chi connectivity index (χ1n) is 11.3. The molecule has 1 aliphatic rings. The minimum absolute atomic E-state index is 0.271. The van der Waals surface area contributed by atoms with Crippen LogP contribution in [0.5, 0.6) is 11.5 Å². The van der Waals surface area contributed by atoms with E-state index in [0.717, 1.165) is 49.1 Å². The summed E-state index contributed by atoms with van der Waals surface area (Å²) >= 11 is 0. The number of alkyl halides is 3. The molecule has 9 heteroatoms. The number of rotatable bonds is 7. The van der Waals surface area contributed by atoms with Gasteiger partial charge in [0, 0.05) is 23.7 Å². The molecule has 1 saturated heterocycles. The van der Waals surface area contributed by atoms with Crippen LogP contribution in [0, 0.1) is 0 Å². The fourth-order valence-corrected chi connectivity index (χ4v) is 4.19. The molecule has 3 aromatic rings. The van der Waals surface area contributed by atoms with Crippen LogP contribution in [0.3, 0.4) is 0 Å². The molecule has 6 nitrogen and oxygen atoms in total. The number of halogens is 3. The maximum Gasteiger partial charge on any atom is 0.573 e. The lowest BCUT2D eigenvalue weighted by atomic mass is 10.00. The Morgan fingerprint density at radius 1 is 1.12 bits per heavy atom. The summed E-state index contributed by atoms with van der Waals surface area (Å²) in [5.41, 5.74) is 1.01. The normalized spacial score (nSPS) is 16.4. The molecule has 0 spiro atoms. The summed E-state index contributed by atoms with van der Waals surface area (Å²) in [6, 6.07) is 15.0. The third-order valence-corrected chi connectivity index (χ3v) is 5.79. The number of ether oxygens (including phenoxy) is 2. The van der Waals surface area contributed by atoms with Crippen molar-refractivity contribution in [2.75, 3.05) is 23.4 Å². The van der Waals surface area contributed by atoms with Crippen molar-refractivity contribution in [1.29, 1.82) is 0 Å². The lowest BCUT2D eigenvalue weighted by Gasteiger charge is -2.36. The summed E-state index contributed by atoms with van der Waals surface area (Å²) in [7, 11) is 0. The van der Waals surface area contributed by atoms with Gasteiger partial charge in [-0.3, -0.25) is 4.79 Å². The van der Waals surface area contributed by atoms with Gasteiger partial charge in [-0.2, -0.15) is 0 Å². The van der Waals surface area contributed by atoms with Crippen molar-refractivity contribution in [1.82, 2.24) is 4.98 Å². The zero-order valence-corrected chi connectivity index (χ0v) is 18.8. The predicted molar refractivity (Wildman–Crippen MR) is 124 cm³/mol. The first-order valence-corrected chi connectivity index (χ1v) is 11.3. The van der Waals surface area contributed by atoms with Gasteiger partial charge in [-0.15, -0.1) is 13.2 Å². The molecular formula is C25H26F3N3O3. The standard InChI is InChI=1S/C25H26F3N3O3/c1-2-19-7-3-4-15-31(19)22-14-9-17-6-5-8-21(24(17)30-22)33-16-23(32)29-18-10-12-20(13-11-18)34-25(26,27)28/h5-6,8-14,19H,2-4,7,15-16H2,1H3,(H,29,32). The highest BCUT2D eigenvalue weighted by Gasteiger charge is 2.31. The minimum atomic E-state index is -4.77. The second kappa shape index (κ2) is 10.2. The Bertz CT molecular complexity index is 1140. The molecule has 1 amide bonds. The number of nitrogens with one attached hydrogen (secondary N) is 1. The van der Waals surface area contributed by atoms with Crippen LogP contribution in [-0.4, -0.2) is 36.4 Å². The molecule has 2 aromatic carbocycles. The number of anilines is 2. The molecule has 0 bridgehead atoms. The number of benzene rings is 2. The molecule has 1 aliphatic heterocycles. The number of amides is 1. The highest BCUT2D eigenvalue weighted by atomic mass is 19.4. The Hall–Kier alpha value is -3.49. The fraction of sp³-hybridized carbons (Fsp3) is 0.360. The Balaban J connectivity index is 1.43. The van der Waals surface area contributed by atoms with Crippen LogP contribution in [0.2, 0.25) is 0 Å². The van der Waals surface area contributed by atoms with Gasteiger partial charge in [0.05, 0.1) is 0 Å². The Morgan fingerprint density at radius 3 is 2.65 bits per heavy atom. The maximum atomic E-state index is 12.4. The number of hydrogen-bond acceptors (Lipinski definition) is 5. The molecule has 1 unspecified atom stereocenters. The lowest BCUT2D eigenvalue weighted by Crippen LogP contribution is -2.39. The Morgan fingerprint density at radius 2 is 1.91 bits per heavy atom. The monoisotopic (exact) mass is 473 g/mol. The van der Waals surface area contributed by atoms with E-state index in [4.69, 9.17) is 9.72 Å². The SMILES string of the molecule is CCC1CCCCN1c1ccc2cccc(OCC(=O)Nc3ccc(OC(F)(F)F)cc3)c2n1. The molecule has 180 valence electrons. The number of carbonyl (C=O) groups is 1. The van der Waals surface area contributed by atoms with E-state index < -0.39 is 12.3 Å². The molecule has 0 aliphatic carbocycles. The van der Waals surface area contributed by atoms with Crippen molar-refractivity contribution in [3.63, 3.8) is 0 Å². The molecule has 1 fully saturated rings. The van der Waals surface area contributed by atoms with Gasteiger partial charge in [0.1, 0.15) is 22.8 Å². The lowest BCUT2D eigenvalue weighted by molar-refractivity contribution is -0.274. The van der Waals surface area contributed by atoms with E-state index in [-0.39, 0.29) is 12.4 Å².